The normalized spacial score (nSPS) is 14.6. The lowest BCUT2D eigenvalue weighted by atomic mass is 10.3. The van der Waals surface area contributed by atoms with E-state index in [4.69, 9.17) is 19.7 Å². The molecule has 0 bridgehead atoms. The summed E-state index contributed by atoms with van der Waals surface area (Å²) in [6, 6.07) is 0. The third kappa shape index (κ3) is 6.68. The summed E-state index contributed by atoms with van der Waals surface area (Å²) in [6.07, 6.45) is -0.679. The Kier molecular flexibility index (Phi) is 7.14. The maximum atomic E-state index is 11.0. The first kappa shape index (κ1) is 13.2. The Hall–Kier alpha value is -0.810. The topological polar surface area (TPSA) is 76.0 Å². The summed E-state index contributed by atoms with van der Waals surface area (Å²) in [5, 5.41) is 17.1. The van der Waals surface area contributed by atoms with Gasteiger partial charge in [0, 0.05) is 26.1 Å². The van der Waals surface area contributed by atoms with Crippen molar-refractivity contribution in [2.45, 2.75) is 38.9 Å². The summed E-state index contributed by atoms with van der Waals surface area (Å²) in [4.78, 5) is 11.0. The fourth-order valence-corrected chi connectivity index (χ4v) is 0.838. The average molecular weight is 206 g/mol. The Bertz CT molecular complexity index is 143. The van der Waals surface area contributed by atoms with Gasteiger partial charge in [-0.05, 0) is 13.8 Å². The minimum atomic E-state index is -0.757. The molecule has 0 amide bonds. The van der Waals surface area contributed by atoms with Crippen LogP contribution < -0.4 is 0 Å². The largest absolute Gasteiger partial charge is 0.508 e. The van der Waals surface area contributed by atoms with Gasteiger partial charge in [0.1, 0.15) is 12.2 Å². The first-order valence-electron chi connectivity index (χ1n) is 4.69. The molecule has 0 spiro atoms. The maximum absolute atomic E-state index is 11.0. The van der Waals surface area contributed by atoms with E-state index in [0.717, 1.165) is 0 Å². The molecule has 0 rings (SSSR count). The van der Waals surface area contributed by atoms with Crippen LogP contribution in [-0.4, -0.2) is 41.8 Å². The third-order valence-electron chi connectivity index (χ3n) is 1.67. The van der Waals surface area contributed by atoms with Gasteiger partial charge in [0.2, 0.25) is 0 Å². The average Bonchev–Trinajstić information content (AvgIpc) is 2.03. The van der Waals surface area contributed by atoms with Gasteiger partial charge in [0.15, 0.2) is 0 Å². The van der Waals surface area contributed by atoms with Gasteiger partial charge in [-0.3, -0.25) is 0 Å². The van der Waals surface area contributed by atoms with Gasteiger partial charge in [-0.15, -0.1) is 0 Å². The van der Waals surface area contributed by atoms with Crippen LogP contribution in [0.3, 0.4) is 0 Å². The minimum absolute atomic E-state index is 0.0271. The van der Waals surface area contributed by atoms with E-state index in [9.17, 15) is 4.79 Å². The quantitative estimate of drug-likeness (QED) is 0.625. The summed E-state index contributed by atoms with van der Waals surface area (Å²) in [7, 11) is 0. The highest BCUT2D eigenvalue weighted by Crippen LogP contribution is 2.03. The molecule has 2 atom stereocenters. The number of aliphatic hydroxyl groups is 2. The van der Waals surface area contributed by atoms with Crippen LogP contribution in [0.4, 0.5) is 4.79 Å². The molecule has 0 saturated heterocycles. The fraction of sp³-hybridized carbons (Fsp3) is 0.889. The number of aliphatic hydroxyl groups excluding tert-OH is 2. The van der Waals surface area contributed by atoms with Crippen molar-refractivity contribution in [2.24, 2.45) is 0 Å². The molecule has 0 aromatic heterocycles. The minimum Gasteiger partial charge on any atom is -0.431 e. The van der Waals surface area contributed by atoms with E-state index in [2.05, 4.69) is 0 Å². The number of ether oxygens (including phenoxy) is 2. The lowest BCUT2D eigenvalue weighted by Gasteiger charge is -2.15. The predicted molar refractivity (Wildman–Crippen MR) is 49.9 cm³/mol. The van der Waals surface area contributed by atoms with Crippen LogP contribution in [0.25, 0.3) is 0 Å². The van der Waals surface area contributed by atoms with E-state index in [1.807, 2.05) is 0 Å². The summed E-state index contributed by atoms with van der Waals surface area (Å²) >= 11 is 0. The second-order valence-corrected chi connectivity index (χ2v) is 3.13. The molecule has 2 N–H and O–H groups in total. The molecular formula is C9H18O5. The summed E-state index contributed by atoms with van der Waals surface area (Å²) < 4.78 is 9.61. The van der Waals surface area contributed by atoms with Crippen molar-refractivity contribution in [1.82, 2.24) is 0 Å². The number of rotatable bonds is 6. The van der Waals surface area contributed by atoms with E-state index in [-0.39, 0.29) is 25.4 Å². The Balaban J connectivity index is 3.63. The zero-order chi connectivity index (χ0) is 11.0. The zero-order valence-corrected chi connectivity index (χ0v) is 8.60. The van der Waals surface area contributed by atoms with E-state index >= 15 is 0 Å². The lowest BCUT2D eigenvalue weighted by Crippen LogP contribution is -2.21. The smallest absolute Gasteiger partial charge is 0.431 e. The first-order valence-corrected chi connectivity index (χ1v) is 4.69. The second kappa shape index (κ2) is 7.58. The Labute approximate surface area is 83.6 Å². The van der Waals surface area contributed by atoms with Gasteiger partial charge in [-0.2, -0.15) is 0 Å². The molecule has 0 aliphatic rings. The van der Waals surface area contributed by atoms with Crippen LogP contribution in [0, 0.1) is 0 Å². The highest BCUT2D eigenvalue weighted by molar-refractivity contribution is 5.60. The monoisotopic (exact) mass is 206 g/mol. The van der Waals surface area contributed by atoms with Crippen LogP contribution >= 0.6 is 0 Å². The molecule has 0 aromatic carbocycles. The molecule has 0 heterocycles. The van der Waals surface area contributed by atoms with E-state index in [1.165, 1.54) is 0 Å². The molecule has 0 fully saturated rings. The number of carbonyl (C=O) groups is 1. The van der Waals surface area contributed by atoms with E-state index < -0.39 is 6.16 Å². The molecule has 0 saturated carbocycles. The van der Waals surface area contributed by atoms with Crippen LogP contribution in [0.5, 0.6) is 0 Å². The van der Waals surface area contributed by atoms with Crippen molar-refractivity contribution in [2.75, 3.05) is 13.2 Å². The van der Waals surface area contributed by atoms with Gasteiger partial charge in [-0.25, -0.2) is 4.79 Å². The fourth-order valence-electron chi connectivity index (χ4n) is 0.838. The number of hydrogen-bond donors (Lipinski definition) is 2. The number of hydrogen-bond acceptors (Lipinski definition) is 5. The van der Waals surface area contributed by atoms with Gasteiger partial charge in [0.05, 0.1) is 0 Å². The van der Waals surface area contributed by atoms with Gasteiger partial charge >= 0.3 is 6.16 Å². The van der Waals surface area contributed by atoms with Gasteiger partial charge in [0.25, 0.3) is 0 Å². The molecule has 0 aliphatic heterocycles. The van der Waals surface area contributed by atoms with Crippen molar-refractivity contribution in [3.63, 3.8) is 0 Å². The van der Waals surface area contributed by atoms with Crippen molar-refractivity contribution in [3.05, 3.63) is 0 Å². The zero-order valence-electron chi connectivity index (χ0n) is 8.60. The van der Waals surface area contributed by atoms with Crippen LogP contribution in [0.1, 0.15) is 26.7 Å². The molecule has 2 unspecified atom stereocenters. The molecule has 0 aliphatic carbocycles. The van der Waals surface area contributed by atoms with Crippen molar-refractivity contribution < 1.29 is 24.5 Å². The highest BCUT2D eigenvalue weighted by Gasteiger charge is 2.13. The van der Waals surface area contributed by atoms with Crippen molar-refractivity contribution >= 4 is 6.16 Å². The van der Waals surface area contributed by atoms with Crippen LogP contribution in [0.15, 0.2) is 0 Å². The van der Waals surface area contributed by atoms with Crippen LogP contribution in [-0.2, 0) is 9.47 Å². The van der Waals surface area contributed by atoms with E-state index in [0.29, 0.717) is 12.8 Å². The predicted octanol–water partition coefficient (Wildman–Crippen LogP) is 0.681. The summed E-state index contributed by atoms with van der Waals surface area (Å²) in [5.74, 6) is 0. The summed E-state index contributed by atoms with van der Waals surface area (Å²) in [5.41, 5.74) is 0. The van der Waals surface area contributed by atoms with Crippen LogP contribution in [0.2, 0.25) is 0 Å². The van der Waals surface area contributed by atoms with Gasteiger partial charge < -0.3 is 19.7 Å². The lowest BCUT2D eigenvalue weighted by molar-refractivity contribution is -0.00286. The maximum Gasteiger partial charge on any atom is 0.508 e. The SMILES string of the molecule is CC(CCO)OC(=O)OC(C)CCO. The van der Waals surface area contributed by atoms with Crippen molar-refractivity contribution in [1.29, 1.82) is 0 Å². The Morgan fingerprint density at radius 1 is 1.07 bits per heavy atom. The van der Waals surface area contributed by atoms with Gasteiger partial charge in [-0.1, -0.05) is 0 Å². The molecule has 5 nitrogen and oxygen atoms in total. The summed E-state index contributed by atoms with van der Waals surface area (Å²) in [6.45, 7) is 3.30. The van der Waals surface area contributed by atoms with E-state index in [1.54, 1.807) is 13.8 Å². The first-order chi connectivity index (χ1) is 6.60. The Morgan fingerprint density at radius 3 is 1.71 bits per heavy atom. The molecule has 0 aromatic rings. The number of carbonyl (C=O) groups excluding carboxylic acids is 1. The van der Waals surface area contributed by atoms with Crippen molar-refractivity contribution in [3.8, 4) is 0 Å². The molecule has 84 valence electrons. The Morgan fingerprint density at radius 2 is 1.43 bits per heavy atom. The standard InChI is InChI=1S/C9H18O5/c1-7(3-5-10)13-9(12)14-8(2)4-6-11/h7-8,10-11H,3-6H2,1-2H3. The molecule has 14 heavy (non-hydrogen) atoms. The molecule has 0 radical (unpaired) electrons. The second-order valence-electron chi connectivity index (χ2n) is 3.13. The molecular weight excluding hydrogens is 188 g/mol. The third-order valence-corrected chi connectivity index (χ3v) is 1.67. The molecule has 5 heteroatoms. The highest BCUT2D eigenvalue weighted by atomic mass is 16.7.